The normalized spacial score (nSPS) is 10.4. The predicted octanol–water partition coefficient (Wildman–Crippen LogP) is 3.83. The van der Waals surface area contributed by atoms with Gasteiger partial charge >= 0.3 is 5.97 Å². The first-order valence-corrected chi connectivity index (χ1v) is 9.67. The van der Waals surface area contributed by atoms with Gasteiger partial charge in [0.25, 0.3) is 11.8 Å². The number of nitrogens with zero attached hydrogens (tertiary/aromatic N) is 2. The Hall–Kier alpha value is -3.29. The lowest BCUT2D eigenvalue weighted by molar-refractivity contribution is -0.146. The summed E-state index contributed by atoms with van der Waals surface area (Å²) in [5.74, 6) is -2.94. The van der Waals surface area contributed by atoms with Crippen LogP contribution >= 0.6 is 0 Å². The Morgan fingerprint density at radius 2 is 1.27 bits per heavy atom. The van der Waals surface area contributed by atoms with Gasteiger partial charge in [0.15, 0.2) is 0 Å². The first-order valence-electron chi connectivity index (χ1n) is 9.67. The maximum Gasteiger partial charge on any atom is 0.327 e. The Balaban J connectivity index is 2.43. The van der Waals surface area contributed by atoms with E-state index < -0.39 is 36.0 Å². The fraction of sp³-hybridized carbons (Fsp3) is 0.318. The fourth-order valence-corrected chi connectivity index (χ4v) is 2.72. The van der Waals surface area contributed by atoms with Gasteiger partial charge in [-0.1, -0.05) is 13.3 Å². The molecule has 0 spiro atoms. The van der Waals surface area contributed by atoms with E-state index in [1.54, 1.807) is 6.92 Å². The summed E-state index contributed by atoms with van der Waals surface area (Å²) in [5, 5.41) is 2.14. The molecular formula is C22H24F2N2O4. The molecule has 160 valence electrons. The molecule has 2 aromatic rings. The number of benzene rings is 2. The van der Waals surface area contributed by atoms with Crippen molar-refractivity contribution >= 4 is 17.8 Å². The maximum atomic E-state index is 13.3. The van der Waals surface area contributed by atoms with Crippen LogP contribution in [0.1, 0.15) is 47.4 Å². The van der Waals surface area contributed by atoms with Crippen molar-refractivity contribution in [2.75, 3.05) is 19.7 Å². The van der Waals surface area contributed by atoms with Crippen LogP contribution in [-0.4, -0.2) is 47.5 Å². The predicted molar refractivity (Wildman–Crippen MR) is 106 cm³/mol. The van der Waals surface area contributed by atoms with Crippen molar-refractivity contribution in [1.29, 1.82) is 0 Å². The van der Waals surface area contributed by atoms with E-state index in [9.17, 15) is 23.2 Å². The van der Waals surface area contributed by atoms with Crippen LogP contribution < -0.4 is 0 Å². The summed E-state index contributed by atoms with van der Waals surface area (Å²) >= 11 is 0. The molecule has 0 radical (unpaired) electrons. The van der Waals surface area contributed by atoms with Crippen molar-refractivity contribution in [3.63, 3.8) is 0 Å². The van der Waals surface area contributed by atoms with Gasteiger partial charge in [0.2, 0.25) is 0 Å². The highest BCUT2D eigenvalue weighted by Crippen LogP contribution is 2.15. The van der Waals surface area contributed by atoms with Gasteiger partial charge in [-0.05, 0) is 61.9 Å². The molecule has 6 nitrogen and oxygen atoms in total. The van der Waals surface area contributed by atoms with Crippen LogP contribution in [-0.2, 0) is 9.53 Å². The van der Waals surface area contributed by atoms with E-state index in [4.69, 9.17) is 4.74 Å². The number of hydrogen-bond acceptors (Lipinski definition) is 4. The Morgan fingerprint density at radius 1 is 0.800 bits per heavy atom. The minimum Gasteiger partial charge on any atom is -0.465 e. The number of unbranched alkanes of at least 4 members (excludes halogenated alkanes) is 1. The number of hydrazine groups is 1. The molecule has 0 N–H and O–H groups in total. The lowest BCUT2D eigenvalue weighted by atomic mass is 10.2. The van der Waals surface area contributed by atoms with Gasteiger partial charge in [0, 0.05) is 17.7 Å². The van der Waals surface area contributed by atoms with Crippen molar-refractivity contribution in [1.82, 2.24) is 10.0 Å². The van der Waals surface area contributed by atoms with Crippen LogP contribution in [0.5, 0.6) is 0 Å². The van der Waals surface area contributed by atoms with Crippen molar-refractivity contribution < 1.29 is 27.9 Å². The molecule has 2 rings (SSSR count). The molecule has 0 aliphatic rings. The zero-order chi connectivity index (χ0) is 22.1. The summed E-state index contributed by atoms with van der Waals surface area (Å²) in [6.45, 7) is 3.30. The number of halogens is 2. The van der Waals surface area contributed by atoms with E-state index in [1.165, 1.54) is 24.3 Å². The van der Waals surface area contributed by atoms with Crippen LogP contribution in [0.25, 0.3) is 0 Å². The largest absolute Gasteiger partial charge is 0.465 e. The van der Waals surface area contributed by atoms with Gasteiger partial charge < -0.3 is 4.74 Å². The molecule has 0 aliphatic heterocycles. The van der Waals surface area contributed by atoms with E-state index in [0.29, 0.717) is 6.42 Å². The van der Waals surface area contributed by atoms with Gasteiger partial charge in [-0.3, -0.25) is 14.4 Å². The number of esters is 1. The highest BCUT2D eigenvalue weighted by molar-refractivity contribution is 6.00. The average Bonchev–Trinajstić information content (AvgIpc) is 2.73. The number of hydrogen-bond donors (Lipinski definition) is 0. The van der Waals surface area contributed by atoms with Crippen molar-refractivity contribution in [2.24, 2.45) is 0 Å². The summed E-state index contributed by atoms with van der Waals surface area (Å²) in [6, 6.07) is 9.68. The van der Waals surface area contributed by atoms with Crippen LogP contribution in [0.3, 0.4) is 0 Å². The zero-order valence-electron chi connectivity index (χ0n) is 16.9. The first kappa shape index (κ1) is 23.0. The minimum absolute atomic E-state index is 0.106. The van der Waals surface area contributed by atoms with Crippen LogP contribution in [0.15, 0.2) is 48.5 Å². The molecule has 0 atom stereocenters. The van der Waals surface area contributed by atoms with Crippen LogP contribution in [0, 0.1) is 11.6 Å². The lowest BCUT2D eigenvalue weighted by Crippen LogP contribution is -2.52. The molecule has 0 aliphatic carbocycles. The molecule has 8 heteroatoms. The number of amides is 2. The molecule has 0 unspecified atom stereocenters. The average molecular weight is 418 g/mol. The van der Waals surface area contributed by atoms with E-state index in [0.717, 1.165) is 40.7 Å². The zero-order valence-corrected chi connectivity index (χ0v) is 16.9. The smallest absolute Gasteiger partial charge is 0.327 e. The standard InChI is InChI=1S/C22H24F2N2O4/c1-3-5-14-25(21(28)16-6-10-18(23)11-7-16)26(15-20(27)30-4-2)22(29)17-8-12-19(24)13-9-17/h6-13H,3-5,14-15H2,1-2H3. The summed E-state index contributed by atoms with van der Waals surface area (Å²) in [6.07, 6.45) is 1.29. The number of carbonyl (C=O) groups is 3. The maximum absolute atomic E-state index is 13.3. The molecule has 0 bridgehead atoms. The van der Waals surface area contributed by atoms with Crippen LogP contribution in [0.4, 0.5) is 8.78 Å². The lowest BCUT2D eigenvalue weighted by Gasteiger charge is -2.34. The molecular weight excluding hydrogens is 394 g/mol. The number of ether oxygens (including phenoxy) is 1. The third-order valence-corrected chi connectivity index (χ3v) is 4.25. The van der Waals surface area contributed by atoms with E-state index in [2.05, 4.69) is 0 Å². The van der Waals surface area contributed by atoms with Crippen molar-refractivity contribution in [3.05, 3.63) is 71.3 Å². The van der Waals surface area contributed by atoms with E-state index in [1.807, 2.05) is 6.92 Å². The van der Waals surface area contributed by atoms with Gasteiger partial charge in [-0.25, -0.2) is 18.8 Å². The molecule has 0 heterocycles. The second-order valence-corrected chi connectivity index (χ2v) is 6.46. The second-order valence-electron chi connectivity index (χ2n) is 6.46. The highest BCUT2D eigenvalue weighted by atomic mass is 19.1. The molecule has 0 saturated carbocycles. The summed E-state index contributed by atoms with van der Waals surface area (Å²) < 4.78 is 31.5. The third-order valence-electron chi connectivity index (χ3n) is 4.25. The number of rotatable bonds is 8. The SMILES string of the molecule is CCCCN(C(=O)c1ccc(F)cc1)N(CC(=O)OCC)C(=O)c1ccc(F)cc1. The number of carbonyl (C=O) groups excluding carboxylic acids is 3. The van der Waals surface area contributed by atoms with Gasteiger partial charge in [0.1, 0.15) is 18.2 Å². The monoisotopic (exact) mass is 418 g/mol. The van der Waals surface area contributed by atoms with Gasteiger partial charge in [-0.15, -0.1) is 0 Å². The summed E-state index contributed by atoms with van der Waals surface area (Å²) in [4.78, 5) is 38.4. The second kappa shape index (κ2) is 11.0. The topological polar surface area (TPSA) is 66.9 Å². The van der Waals surface area contributed by atoms with E-state index in [-0.39, 0.29) is 24.3 Å². The summed E-state index contributed by atoms with van der Waals surface area (Å²) in [7, 11) is 0. The highest BCUT2D eigenvalue weighted by Gasteiger charge is 2.30. The minimum atomic E-state index is -0.693. The Labute approximate surface area is 174 Å². The van der Waals surface area contributed by atoms with Gasteiger partial charge in [-0.2, -0.15) is 0 Å². The Bertz CT molecular complexity index is 870. The van der Waals surface area contributed by atoms with Crippen LogP contribution in [0.2, 0.25) is 0 Å². The third kappa shape index (κ3) is 6.10. The van der Waals surface area contributed by atoms with Crippen molar-refractivity contribution in [3.8, 4) is 0 Å². The molecule has 2 aromatic carbocycles. The van der Waals surface area contributed by atoms with Gasteiger partial charge in [0.05, 0.1) is 6.61 Å². The first-order chi connectivity index (χ1) is 14.4. The summed E-state index contributed by atoms with van der Waals surface area (Å²) in [5.41, 5.74) is 0.266. The molecule has 30 heavy (non-hydrogen) atoms. The molecule has 0 fully saturated rings. The molecule has 2 amide bonds. The van der Waals surface area contributed by atoms with Crippen molar-refractivity contribution in [2.45, 2.75) is 26.7 Å². The molecule has 0 aromatic heterocycles. The quantitative estimate of drug-likeness (QED) is 0.483. The Morgan fingerprint density at radius 3 is 1.70 bits per heavy atom. The van der Waals surface area contributed by atoms with E-state index >= 15 is 0 Å². The Kier molecular flexibility index (Phi) is 8.46. The molecule has 0 saturated heterocycles. The fourth-order valence-electron chi connectivity index (χ4n) is 2.72.